The lowest BCUT2D eigenvalue weighted by molar-refractivity contribution is -0.158. The van der Waals surface area contributed by atoms with Crippen molar-refractivity contribution in [2.24, 2.45) is 34.5 Å². The summed E-state index contributed by atoms with van der Waals surface area (Å²) in [6.45, 7) is 6.30. The number of allylic oxidation sites excluding steroid dienone is 2. The van der Waals surface area contributed by atoms with E-state index in [-0.39, 0.29) is 17.5 Å². The van der Waals surface area contributed by atoms with Gasteiger partial charge in [-0.2, -0.15) is 0 Å². The van der Waals surface area contributed by atoms with Crippen molar-refractivity contribution in [3.05, 3.63) is 10.6 Å². The molecule has 0 aromatic heterocycles. The normalized spacial score (nSPS) is 47.6. The van der Waals surface area contributed by atoms with Gasteiger partial charge in [0.2, 0.25) is 0 Å². The van der Waals surface area contributed by atoms with Gasteiger partial charge in [0, 0.05) is 22.9 Å². The third-order valence-corrected chi connectivity index (χ3v) is 9.38. The molecule has 26 heavy (non-hydrogen) atoms. The van der Waals surface area contributed by atoms with Crippen molar-refractivity contribution >= 4 is 23.9 Å². The quantitative estimate of drug-likeness (QED) is 0.486. The minimum Gasteiger partial charge on any atom is -0.463 e. The molecule has 3 nitrogen and oxygen atoms in total. The number of aldehydes is 1. The van der Waals surface area contributed by atoms with Crippen molar-refractivity contribution in [3.8, 4) is 0 Å². The summed E-state index contributed by atoms with van der Waals surface area (Å²) in [6, 6.07) is 0. The third-order valence-electron chi connectivity index (χ3n) is 8.71. The number of carbonyl (C=O) groups is 2. The molecule has 0 unspecified atom stereocenters. The maximum Gasteiger partial charge on any atom is 0.302 e. The standard InChI is InChI=1S/C22H31ClO3/c1-13(25)26-16-6-8-21(2)15(11-16)4-5-17-18(21)7-9-22(3)19(17)10-14(12-24)20(22)23/h12,15-19H,4-11H2,1-3H3/t15-,16-,17+,18-,19-,21-,22-/m1/s1. The van der Waals surface area contributed by atoms with Crippen LogP contribution in [-0.4, -0.2) is 18.4 Å². The van der Waals surface area contributed by atoms with Crippen LogP contribution >= 0.6 is 11.6 Å². The number of hydrogen-bond donors (Lipinski definition) is 0. The molecule has 0 heterocycles. The van der Waals surface area contributed by atoms with Crippen LogP contribution in [0.1, 0.15) is 72.1 Å². The van der Waals surface area contributed by atoms with E-state index in [2.05, 4.69) is 13.8 Å². The van der Waals surface area contributed by atoms with E-state index in [4.69, 9.17) is 16.3 Å². The van der Waals surface area contributed by atoms with Gasteiger partial charge in [-0.15, -0.1) is 0 Å². The van der Waals surface area contributed by atoms with E-state index in [1.807, 2.05) is 0 Å². The first-order valence-corrected chi connectivity index (χ1v) is 10.7. The van der Waals surface area contributed by atoms with Gasteiger partial charge in [-0.3, -0.25) is 9.59 Å². The first-order valence-electron chi connectivity index (χ1n) is 10.3. The molecule has 0 aromatic carbocycles. The molecule has 0 saturated heterocycles. The lowest BCUT2D eigenvalue weighted by Crippen LogP contribution is -2.53. The molecule has 0 aromatic rings. The topological polar surface area (TPSA) is 43.4 Å². The second-order valence-electron chi connectivity index (χ2n) is 9.78. The van der Waals surface area contributed by atoms with Gasteiger partial charge in [0.25, 0.3) is 0 Å². The maximum atomic E-state index is 11.5. The Hall–Kier alpha value is -0.830. The van der Waals surface area contributed by atoms with Gasteiger partial charge in [-0.05, 0) is 80.5 Å². The molecular weight excluding hydrogens is 348 g/mol. The van der Waals surface area contributed by atoms with Crippen LogP contribution in [0, 0.1) is 34.5 Å². The Labute approximate surface area is 161 Å². The van der Waals surface area contributed by atoms with Crippen molar-refractivity contribution in [1.29, 1.82) is 0 Å². The molecule has 4 aliphatic rings. The SMILES string of the molecule is CC(=O)O[C@@H]1CC[C@]2(C)[C@H](CC[C@H]3[C@H]2CC[C@@]2(C)C(Cl)=C(C=O)C[C@H]32)C1. The number of carbonyl (C=O) groups excluding carboxylic acids is 2. The molecule has 144 valence electrons. The zero-order valence-electron chi connectivity index (χ0n) is 16.2. The Balaban J connectivity index is 1.56. The van der Waals surface area contributed by atoms with Crippen LogP contribution in [0.15, 0.2) is 10.6 Å². The van der Waals surface area contributed by atoms with Gasteiger partial charge >= 0.3 is 5.97 Å². The van der Waals surface area contributed by atoms with E-state index in [0.29, 0.717) is 29.1 Å². The highest BCUT2D eigenvalue weighted by molar-refractivity contribution is 6.32. The zero-order chi connectivity index (χ0) is 18.7. The lowest BCUT2D eigenvalue weighted by Gasteiger charge is -2.60. The Morgan fingerprint density at radius 1 is 1.15 bits per heavy atom. The molecular formula is C22H31ClO3. The molecule has 3 saturated carbocycles. The van der Waals surface area contributed by atoms with Crippen molar-refractivity contribution in [2.75, 3.05) is 0 Å². The second-order valence-corrected chi connectivity index (χ2v) is 10.2. The summed E-state index contributed by atoms with van der Waals surface area (Å²) in [5.41, 5.74) is 1.21. The van der Waals surface area contributed by atoms with Crippen LogP contribution < -0.4 is 0 Å². The monoisotopic (exact) mass is 378 g/mol. The van der Waals surface area contributed by atoms with E-state index < -0.39 is 0 Å². The van der Waals surface area contributed by atoms with E-state index >= 15 is 0 Å². The number of ether oxygens (including phenoxy) is 1. The van der Waals surface area contributed by atoms with Gasteiger partial charge in [0.15, 0.2) is 0 Å². The molecule has 0 radical (unpaired) electrons. The fraction of sp³-hybridized carbons (Fsp3) is 0.818. The molecule has 4 heteroatoms. The van der Waals surface area contributed by atoms with Gasteiger partial charge < -0.3 is 4.74 Å². The summed E-state index contributed by atoms with van der Waals surface area (Å²) in [5.74, 6) is 2.42. The van der Waals surface area contributed by atoms with Crippen molar-refractivity contribution in [2.45, 2.75) is 78.2 Å². The highest BCUT2D eigenvalue weighted by atomic mass is 35.5. The number of halogens is 1. The van der Waals surface area contributed by atoms with Crippen molar-refractivity contribution in [3.63, 3.8) is 0 Å². The molecule has 0 amide bonds. The van der Waals surface area contributed by atoms with Crippen LogP contribution in [-0.2, 0) is 14.3 Å². The van der Waals surface area contributed by atoms with Crippen LogP contribution in [0.5, 0.6) is 0 Å². The Kier molecular flexibility index (Phi) is 4.53. The van der Waals surface area contributed by atoms with Crippen LogP contribution in [0.2, 0.25) is 0 Å². The fourth-order valence-electron chi connectivity index (χ4n) is 7.32. The first kappa shape index (κ1) is 18.5. The molecule has 4 rings (SSSR count). The minimum atomic E-state index is -0.145. The Morgan fingerprint density at radius 3 is 2.62 bits per heavy atom. The molecule has 0 bridgehead atoms. The van der Waals surface area contributed by atoms with Gasteiger partial charge in [-0.1, -0.05) is 25.4 Å². The highest BCUT2D eigenvalue weighted by Gasteiger charge is 2.59. The Bertz CT molecular complexity index is 656. The van der Waals surface area contributed by atoms with E-state index in [9.17, 15) is 9.59 Å². The average molecular weight is 379 g/mol. The van der Waals surface area contributed by atoms with Crippen molar-refractivity contribution < 1.29 is 14.3 Å². The number of rotatable bonds is 2. The van der Waals surface area contributed by atoms with Crippen LogP contribution in [0.4, 0.5) is 0 Å². The fourth-order valence-corrected chi connectivity index (χ4v) is 7.68. The third kappa shape index (κ3) is 2.60. The molecule has 3 fully saturated rings. The largest absolute Gasteiger partial charge is 0.463 e. The number of fused-ring (bicyclic) bond motifs is 5. The zero-order valence-corrected chi connectivity index (χ0v) is 17.0. The van der Waals surface area contributed by atoms with Crippen molar-refractivity contribution in [1.82, 2.24) is 0 Å². The second kappa shape index (κ2) is 6.36. The predicted molar refractivity (Wildman–Crippen MR) is 102 cm³/mol. The summed E-state index contributed by atoms with van der Waals surface area (Å²) in [7, 11) is 0. The molecule has 0 spiro atoms. The van der Waals surface area contributed by atoms with Crippen LogP contribution in [0.3, 0.4) is 0 Å². The van der Waals surface area contributed by atoms with Gasteiger partial charge in [-0.25, -0.2) is 0 Å². The summed E-state index contributed by atoms with van der Waals surface area (Å²) in [6.07, 6.45) is 9.92. The van der Waals surface area contributed by atoms with Crippen LogP contribution in [0.25, 0.3) is 0 Å². The first-order chi connectivity index (χ1) is 12.3. The highest BCUT2D eigenvalue weighted by Crippen LogP contribution is 2.67. The predicted octanol–water partition coefficient (Wildman–Crippen LogP) is 5.26. The molecule has 0 N–H and O–H groups in total. The summed E-state index contributed by atoms with van der Waals surface area (Å²) in [4.78, 5) is 22.9. The van der Waals surface area contributed by atoms with E-state index in [1.165, 1.54) is 26.2 Å². The van der Waals surface area contributed by atoms with E-state index in [1.54, 1.807) is 0 Å². The smallest absolute Gasteiger partial charge is 0.302 e. The number of esters is 1. The summed E-state index contributed by atoms with van der Waals surface area (Å²) in [5, 5.41) is 0.849. The van der Waals surface area contributed by atoms with Gasteiger partial charge in [0.05, 0.1) is 0 Å². The minimum absolute atomic E-state index is 0.0110. The molecule has 0 aliphatic heterocycles. The van der Waals surface area contributed by atoms with E-state index in [0.717, 1.165) is 49.0 Å². The number of hydrogen-bond acceptors (Lipinski definition) is 3. The summed E-state index contributed by atoms with van der Waals surface area (Å²) >= 11 is 6.66. The Morgan fingerprint density at radius 2 is 1.92 bits per heavy atom. The lowest BCUT2D eigenvalue weighted by atomic mass is 9.45. The molecule has 7 atom stereocenters. The maximum absolute atomic E-state index is 11.5. The van der Waals surface area contributed by atoms with Gasteiger partial charge in [0.1, 0.15) is 12.4 Å². The molecule has 4 aliphatic carbocycles. The average Bonchev–Trinajstić information content (AvgIpc) is 2.86. The summed E-state index contributed by atoms with van der Waals surface area (Å²) < 4.78 is 5.55.